The van der Waals surface area contributed by atoms with E-state index < -0.39 is 0 Å². The minimum atomic E-state index is 0.0649. The van der Waals surface area contributed by atoms with Crippen molar-refractivity contribution in [1.29, 1.82) is 0 Å². The van der Waals surface area contributed by atoms with E-state index in [4.69, 9.17) is 11.6 Å². The first kappa shape index (κ1) is 24.9. The number of aromatic nitrogens is 1. The van der Waals surface area contributed by atoms with Gasteiger partial charge >= 0.3 is 0 Å². The Balaban J connectivity index is 1.47. The van der Waals surface area contributed by atoms with Crippen molar-refractivity contribution in [1.82, 2.24) is 4.98 Å². The molecule has 0 saturated heterocycles. The first-order valence-electron chi connectivity index (χ1n) is 11.7. The quantitative estimate of drug-likeness (QED) is 0.260. The molecule has 1 amide bonds. The van der Waals surface area contributed by atoms with Gasteiger partial charge in [0.1, 0.15) is 0 Å². The number of rotatable bonds is 16. The van der Waals surface area contributed by atoms with Gasteiger partial charge in [-0.05, 0) is 18.6 Å². The molecule has 0 aliphatic rings. The average Bonchev–Trinajstić information content (AvgIpc) is 3.20. The molecule has 3 nitrogen and oxygen atoms in total. The molecule has 2 aromatic rings. The van der Waals surface area contributed by atoms with Crippen molar-refractivity contribution in [2.45, 2.75) is 96.8 Å². The van der Waals surface area contributed by atoms with Gasteiger partial charge in [-0.3, -0.25) is 4.79 Å². The maximum absolute atomic E-state index is 12.1. The molecule has 0 unspecified atom stereocenters. The van der Waals surface area contributed by atoms with E-state index in [1.54, 1.807) is 0 Å². The second-order valence-electron chi connectivity index (χ2n) is 8.09. The maximum Gasteiger partial charge on any atom is 0.226 e. The van der Waals surface area contributed by atoms with Gasteiger partial charge in [0.15, 0.2) is 5.13 Å². The van der Waals surface area contributed by atoms with Gasteiger partial charge in [0.25, 0.3) is 0 Å². The molecule has 0 saturated carbocycles. The number of hydrogen-bond donors (Lipinski definition) is 1. The molecule has 1 N–H and O–H groups in total. The lowest BCUT2D eigenvalue weighted by Crippen LogP contribution is -2.10. The third-order valence-electron chi connectivity index (χ3n) is 5.40. The van der Waals surface area contributed by atoms with Crippen LogP contribution in [0.5, 0.6) is 0 Å². The Morgan fingerprint density at radius 3 is 1.97 bits per heavy atom. The molecule has 1 aromatic carbocycles. The Kier molecular flexibility index (Phi) is 12.8. The topological polar surface area (TPSA) is 42.0 Å². The summed E-state index contributed by atoms with van der Waals surface area (Å²) in [7, 11) is 0. The van der Waals surface area contributed by atoms with Crippen LogP contribution >= 0.6 is 22.9 Å². The lowest BCUT2D eigenvalue weighted by atomic mass is 10.0. The van der Waals surface area contributed by atoms with E-state index >= 15 is 0 Å². The van der Waals surface area contributed by atoms with Crippen molar-refractivity contribution >= 4 is 34.0 Å². The van der Waals surface area contributed by atoms with Crippen LogP contribution in [-0.4, -0.2) is 10.9 Å². The first-order chi connectivity index (χ1) is 14.7. The molecule has 0 aliphatic heterocycles. The van der Waals surface area contributed by atoms with Crippen LogP contribution in [0.1, 0.15) is 96.8 Å². The number of carbonyl (C=O) groups excluding carboxylic acids is 1. The summed E-state index contributed by atoms with van der Waals surface area (Å²) in [6.07, 6.45) is 17.7. The van der Waals surface area contributed by atoms with Crippen molar-refractivity contribution in [3.05, 3.63) is 34.7 Å². The lowest BCUT2D eigenvalue weighted by Gasteiger charge is -2.04. The molecule has 0 aliphatic carbocycles. The fraction of sp³-hybridized carbons (Fsp3) is 0.600. The molecule has 0 atom stereocenters. The summed E-state index contributed by atoms with van der Waals surface area (Å²) < 4.78 is 0. The zero-order valence-electron chi connectivity index (χ0n) is 18.4. The number of benzene rings is 1. The number of amides is 1. The van der Waals surface area contributed by atoms with E-state index in [9.17, 15) is 4.79 Å². The molecule has 1 heterocycles. The number of carbonyl (C=O) groups is 1. The highest BCUT2D eigenvalue weighted by Gasteiger charge is 2.08. The van der Waals surface area contributed by atoms with E-state index in [2.05, 4.69) is 17.2 Å². The van der Waals surface area contributed by atoms with Gasteiger partial charge in [0.2, 0.25) is 5.91 Å². The molecule has 166 valence electrons. The lowest BCUT2D eigenvalue weighted by molar-refractivity contribution is -0.116. The Morgan fingerprint density at radius 1 is 0.867 bits per heavy atom. The standard InChI is InChI=1S/C25H37ClN2OS/c1-2-3-4-5-6-7-8-9-10-11-12-13-14-15-24(29)28-25-27-23(20-30-25)21-16-18-22(26)19-17-21/h16-20H,2-15H2,1H3,(H,27,28,29). The summed E-state index contributed by atoms with van der Waals surface area (Å²) in [5.74, 6) is 0.0649. The number of halogens is 1. The van der Waals surface area contributed by atoms with Gasteiger partial charge in [-0.2, -0.15) is 0 Å². The molecule has 2 rings (SSSR count). The highest BCUT2D eigenvalue weighted by atomic mass is 35.5. The molecule has 0 bridgehead atoms. The number of unbranched alkanes of at least 4 members (excludes halogenated alkanes) is 12. The molecular weight excluding hydrogens is 412 g/mol. The van der Waals surface area contributed by atoms with Crippen molar-refractivity contribution in [3.63, 3.8) is 0 Å². The third kappa shape index (κ3) is 10.6. The first-order valence-corrected chi connectivity index (χ1v) is 13.0. The van der Waals surface area contributed by atoms with Gasteiger partial charge in [0.05, 0.1) is 5.69 Å². The molecule has 1 aromatic heterocycles. The normalized spacial score (nSPS) is 11.0. The fourth-order valence-corrected chi connectivity index (χ4v) is 4.43. The summed E-state index contributed by atoms with van der Waals surface area (Å²) in [6.45, 7) is 2.27. The van der Waals surface area contributed by atoms with E-state index in [0.29, 0.717) is 16.6 Å². The number of nitrogens with zero attached hydrogens (tertiary/aromatic N) is 1. The van der Waals surface area contributed by atoms with Crippen LogP contribution in [0.15, 0.2) is 29.6 Å². The second-order valence-corrected chi connectivity index (χ2v) is 9.38. The zero-order valence-corrected chi connectivity index (χ0v) is 20.0. The second kappa shape index (κ2) is 15.4. The Morgan fingerprint density at radius 2 is 1.40 bits per heavy atom. The van der Waals surface area contributed by atoms with Gasteiger partial charge in [-0.15, -0.1) is 11.3 Å². The van der Waals surface area contributed by atoms with E-state index in [1.807, 2.05) is 29.6 Å². The SMILES string of the molecule is CCCCCCCCCCCCCCCC(=O)Nc1nc(-c2ccc(Cl)cc2)cs1. The molecule has 5 heteroatoms. The third-order valence-corrected chi connectivity index (χ3v) is 6.41. The highest BCUT2D eigenvalue weighted by molar-refractivity contribution is 7.14. The van der Waals surface area contributed by atoms with Gasteiger partial charge in [0, 0.05) is 22.4 Å². The summed E-state index contributed by atoms with van der Waals surface area (Å²) in [6, 6.07) is 7.58. The Labute approximate surface area is 191 Å². The summed E-state index contributed by atoms with van der Waals surface area (Å²) >= 11 is 7.39. The van der Waals surface area contributed by atoms with E-state index in [1.165, 1.54) is 82.0 Å². The van der Waals surface area contributed by atoms with Crippen molar-refractivity contribution < 1.29 is 4.79 Å². The molecule has 0 radical (unpaired) electrons. The van der Waals surface area contributed by atoms with Gasteiger partial charge in [-0.1, -0.05) is 108 Å². The van der Waals surface area contributed by atoms with E-state index in [-0.39, 0.29) is 5.91 Å². The van der Waals surface area contributed by atoms with Crippen LogP contribution in [0, 0.1) is 0 Å². The minimum absolute atomic E-state index is 0.0649. The van der Waals surface area contributed by atoms with Crippen LogP contribution in [0.25, 0.3) is 11.3 Å². The van der Waals surface area contributed by atoms with Crippen LogP contribution < -0.4 is 5.32 Å². The van der Waals surface area contributed by atoms with Crippen LogP contribution in [0.3, 0.4) is 0 Å². The van der Waals surface area contributed by atoms with Crippen molar-refractivity contribution in [2.75, 3.05) is 5.32 Å². The average molecular weight is 449 g/mol. The largest absolute Gasteiger partial charge is 0.302 e. The fourth-order valence-electron chi connectivity index (χ4n) is 3.57. The predicted octanol–water partition coefficient (Wildman–Crippen LogP) is 8.88. The molecule has 0 fully saturated rings. The molecule has 0 spiro atoms. The zero-order chi connectivity index (χ0) is 21.4. The van der Waals surface area contributed by atoms with Crippen molar-refractivity contribution in [3.8, 4) is 11.3 Å². The Bertz CT molecular complexity index is 714. The Hall–Kier alpha value is -1.39. The van der Waals surface area contributed by atoms with Crippen molar-refractivity contribution in [2.24, 2.45) is 0 Å². The van der Waals surface area contributed by atoms with Crippen LogP contribution in [0.4, 0.5) is 5.13 Å². The molecular formula is C25H37ClN2OS. The number of thiazole rings is 1. The maximum atomic E-state index is 12.1. The number of nitrogens with one attached hydrogen (secondary N) is 1. The van der Waals surface area contributed by atoms with Crippen LogP contribution in [0.2, 0.25) is 5.02 Å². The smallest absolute Gasteiger partial charge is 0.226 e. The summed E-state index contributed by atoms with van der Waals surface area (Å²) in [5, 5.41) is 6.27. The van der Waals surface area contributed by atoms with E-state index in [0.717, 1.165) is 24.1 Å². The summed E-state index contributed by atoms with van der Waals surface area (Å²) in [4.78, 5) is 16.6. The van der Waals surface area contributed by atoms with Crippen LogP contribution in [-0.2, 0) is 4.79 Å². The number of hydrogen-bond acceptors (Lipinski definition) is 3. The highest BCUT2D eigenvalue weighted by Crippen LogP contribution is 2.26. The number of anilines is 1. The summed E-state index contributed by atoms with van der Waals surface area (Å²) in [5.41, 5.74) is 1.88. The van der Waals surface area contributed by atoms with Gasteiger partial charge in [-0.25, -0.2) is 4.98 Å². The predicted molar refractivity (Wildman–Crippen MR) is 132 cm³/mol. The molecule has 30 heavy (non-hydrogen) atoms. The minimum Gasteiger partial charge on any atom is -0.302 e. The van der Waals surface area contributed by atoms with Gasteiger partial charge < -0.3 is 5.32 Å². The monoisotopic (exact) mass is 448 g/mol.